The van der Waals surface area contributed by atoms with Gasteiger partial charge in [0, 0.05) is 12.1 Å². The van der Waals surface area contributed by atoms with Crippen LogP contribution in [0.1, 0.15) is 19.8 Å². The van der Waals surface area contributed by atoms with Crippen LogP contribution in [0.25, 0.3) is 0 Å². The zero-order valence-electron chi connectivity index (χ0n) is 7.66. The van der Waals surface area contributed by atoms with Gasteiger partial charge in [0.15, 0.2) is 0 Å². The normalized spacial score (nSPS) is 28.7. The Labute approximate surface area is 81.8 Å². The van der Waals surface area contributed by atoms with Crippen molar-refractivity contribution in [3.8, 4) is 0 Å². The molecule has 0 aliphatic carbocycles. The van der Waals surface area contributed by atoms with Crippen LogP contribution in [0.3, 0.4) is 0 Å². The maximum Gasteiger partial charge on any atom is 0.205 e. The van der Waals surface area contributed by atoms with Crippen LogP contribution in [0.5, 0.6) is 0 Å². The Balaban J connectivity index is 1.93. The van der Waals surface area contributed by atoms with Crippen molar-refractivity contribution in [3.63, 3.8) is 0 Å². The Hall–Kier alpha value is -0.680. The molecule has 5 heteroatoms. The van der Waals surface area contributed by atoms with E-state index in [0.717, 1.165) is 11.7 Å². The molecule has 1 saturated heterocycles. The molecule has 0 radical (unpaired) electrons. The fourth-order valence-electron chi connectivity index (χ4n) is 1.64. The highest BCUT2D eigenvalue weighted by atomic mass is 32.1. The average molecular weight is 198 g/mol. The first-order valence-corrected chi connectivity index (χ1v) is 5.50. The first-order chi connectivity index (χ1) is 6.36. The molecule has 0 amide bonds. The summed E-state index contributed by atoms with van der Waals surface area (Å²) in [4.78, 5) is 0. The Morgan fingerprint density at radius 2 is 2.62 bits per heavy atom. The van der Waals surface area contributed by atoms with E-state index in [1.165, 1.54) is 12.8 Å². The molecule has 1 aromatic rings. The van der Waals surface area contributed by atoms with Crippen molar-refractivity contribution in [1.82, 2.24) is 15.5 Å². The molecule has 1 fully saturated rings. The zero-order valence-corrected chi connectivity index (χ0v) is 8.47. The van der Waals surface area contributed by atoms with Gasteiger partial charge in [-0.2, -0.15) is 0 Å². The molecule has 72 valence electrons. The van der Waals surface area contributed by atoms with Gasteiger partial charge in [-0.3, -0.25) is 0 Å². The van der Waals surface area contributed by atoms with Crippen LogP contribution in [-0.4, -0.2) is 28.8 Å². The number of aromatic nitrogens is 2. The number of hydrogen-bond acceptors (Lipinski definition) is 5. The predicted molar refractivity (Wildman–Crippen MR) is 54.0 cm³/mol. The highest BCUT2D eigenvalue weighted by Crippen LogP contribution is 2.16. The second kappa shape index (κ2) is 4.02. The van der Waals surface area contributed by atoms with Gasteiger partial charge >= 0.3 is 0 Å². The first-order valence-electron chi connectivity index (χ1n) is 4.62. The summed E-state index contributed by atoms with van der Waals surface area (Å²) in [6, 6.07) is 1.03. The molecule has 1 aliphatic rings. The molecule has 0 spiro atoms. The summed E-state index contributed by atoms with van der Waals surface area (Å²) in [5.41, 5.74) is 1.75. The van der Waals surface area contributed by atoms with Crippen molar-refractivity contribution < 1.29 is 0 Å². The molecular weight excluding hydrogens is 184 g/mol. The molecule has 2 N–H and O–H groups in total. The van der Waals surface area contributed by atoms with Gasteiger partial charge in [0.05, 0.1) is 0 Å². The van der Waals surface area contributed by atoms with Gasteiger partial charge in [0.25, 0.3) is 0 Å². The number of nitrogens with one attached hydrogen (secondary N) is 2. The van der Waals surface area contributed by atoms with Gasteiger partial charge in [-0.05, 0) is 26.3 Å². The Kier molecular flexibility index (Phi) is 2.75. The fraction of sp³-hybridized carbons (Fsp3) is 0.750. The number of anilines is 1. The zero-order chi connectivity index (χ0) is 9.10. The van der Waals surface area contributed by atoms with E-state index in [9.17, 15) is 0 Å². The third-order valence-electron chi connectivity index (χ3n) is 2.43. The largest absolute Gasteiger partial charge is 0.356 e. The summed E-state index contributed by atoms with van der Waals surface area (Å²) in [6.07, 6.45) is 2.45. The molecule has 2 unspecified atom stereocenters. The summed E-state index contributed by atoms with van der Waals surface area (Å²) < 4.78 is 0. The molecule has 0 aromatic carbocycles. The van der Waals surface area contributed by atoms with Gasteiger partial charge < -0.3 is 10.6 Å². The smallest absolute Gasteiger partial charge is 0.205 e. The van der Waals surface area contributed by atoms with Gasteiger partial charge in [-0.1, -0.05) is 11.3 Å². The number of rotatable bonds is 2. The van der Waals surface area contributed by atoms with E-state index in [0.29, 0.717) is 12.1 Å². The van der Waals surface area contributed by atoms with E-state index in [2.05, 4.69) is 27.8 Å². The highest BCUT2D eigenvalue weighted by molar-refractivity contribution is 7.13. The standard InChI is InChI=1S/C8H14N4S/c1-6-7(3-2-4-9-6)11-8-12-10-5-13-8/h5-7,9H,2-4H2,1H3,(H,11,12). The molecule has 1 aliphatic heterocycles. The summed E-state index contributed by atoms with van der Waals surface area (Å²) in [5.74, 6) is 0. The number of piperidine rings is 1. The summed E-state index contributed by atoms with van der Waals surface area (Å²) in [7, 11) is 0. The van der Waals surface area contributed by atoms with Crippen molar-refractivity contribution in [1.29, 1.82) is 0 Å². The van der Waals surface area contributed by atoms with Crippen LogP contribution < -0.4 is 10.6 Å². The third kappa shape index (κ3) is 2.16. The minimum absolute atomic E-state index is 0.502. The van der Waals surface area contributed by atoms with E-state index in [1.54, 1.807) is 16.8 Å². The number of nitrogens with zero attached hydrogens (tertiary/aromatic N) is 2. The van der Waals surface area contributed by atoms with Crippen LogP contribution in [-0.2, 0) is 0 Å². The molecular formula is C8H14N4S. The van der Waals surface area contributed by atoms with Crippen molar-refractivity contribution >= 4 is 16.5 Å². The molecule has 2 atom stereocenters. The van der Waals surface area contributed by atoms with Crippen LogP contribution in [0.4, 0.5) is 5.13 Å². The molecule has 2 rings (SSSR count). The van der Waals surface area contributed by atoms with E-state index in [4.69, 9.17) is 0 Å². The summed E-state index contributed by atoms with van der Waals surface area (Å²) >= 11 is 1.56. The third-order valence-corrected chi connectivity index (χ3v) is 3.05. The monoisotopic (exact) mass is 198 g/mol. The van der Waals surface area contributed by atoms with Crippen LogP contribution >= 0.6 is 11.3 Å². The summed E-state index contributed by atoms with van der Waals surface area (Å²) in [5, 5.41) is 15.5. The van der Waals surface area contributed by atoms with E-state index < -0.39 is 0 Å². The lowest BCUT2D eigenvalue weighted by Crippen LogP contribution is -2.46. The van der Waals surface area contributed by atoms with Gasteiger partial charge in [0.2, 0.25) is 5.13 Å². The molecule has 0 bridgehead atoms. The van der Waals surface area contributed by atoms with Gasteiger partial charge in [0.1, 0.15) is 5.51 Å². The Morgan fingerprint density at radius 1 is 1.69 bits per heavy atom. The lowest BCUT2D eigenvalue weighted by Gasteiger charge is -2.30. The Bertz CT molecular complexity index is 249. The van der Waals surface area contributed by atoms with E-state index in [1.807, 2.05) is 0 Å². The number of hydrogen-bond donors (Lipinski definition) is 2. The Morgan fingerprint density at radius 3 is 3.31 bits per heavy atom. The average Bonchev–Trinajstić information content (AvgIpc) is 2.61. The van der Waals surface area contributed by atoms with Crippen molar-refractivity contribution in [3.05, 3.63) is 5.51 Å². The van der Waals surface area contributed by atoms with Crippen molar-refractivity contribution in [2.24, 2.45) is 0 Å². The second-order valence-corrected chi connectivity index (χ2v) is 4.21. The van der Waals surface area contributed by atoms with Crippen LogP contribution in [0, 0.1) is 0 Å². The van der Waals surface area contributed by atoms with E-state index in [-0.39, 0.29) is 0 Å². The van der Waals surface area contributed by atoms with E-state index >= 15 is 0 Å². The maximum atomic E-state index is 3.97. The minimum Gasteiger partial charge on any atom is -0.356 e. The molecule has 0 saturated carbocycles. The second-order valence-electron chi connectivity index (χ2n) is 3.38. The van der Waals surface area contributed by atoms with Gasteiger partial charge in [-0.25, -0.2) is 0 Å². The van der Waals surface area contributed by atoms with Crippen LogP contribution in [0.2, 0.25) is 0 Å². The topological polar surface area (TPSA) is 49.8 Å². The van der Waals surface area contributed by atoms with Crippen LogP contribution in [0.15, 0.2) is 5.51 Å². The minimum atomic E-state index is 0.502. The molecule has 13 heavy (non-hydrogen) atoms. The van der Waals surface area contributed by atoms with Crippen molar-refractivity contribution in [2.75, 3.05) is 11.9 Å². The summed E-state index contributed by atoms with van der Waals surface area (Å²) in [6.45, 7) is 3.34. The first kappa shape index (κ1) is 8.90. The lowest BCUT2D eigenvalue weighted by molar-refractivity contribution is 0.389. The fourth-order valence-corrected chi connectivity index (χ4v) is 2.14. The molecule has 2 heterocycles. The molecule has 4 nitrogen and oxygen atoms in total. The highest BCUT2D eigenvalue weighted by Gasteiger charge is 2.20. The predicted octanol–water partition coefficient (Wildman–Crippen LogP) is 1.09. The lowest BCUT2D eigenvalue weighted by atomic mass is 10.0. The van der Waals surface area contributed by atoms with Gasteiger partial charge in [-0.15, -0.1) is 10.2 Å². The maximum absolute atomic E-state index is 3.97. The SMILES string of the molecule is CC1NCCCC1Nc1nncs1. The van der Waals surface area contributed by atoms with Crippen molar-refractivity contribution in [2.45, 2.75) is 31.8 Å². The quantitative estimate of drug-likeness (QED) is 0.747. The molecule has 1 aromatic heterocycles.